The number of hydrogen-bond donors (Lipinski definition) is 2. The van der Waals surface area contributed by atoms with Crippen molar-refractivity contribution in [3.8, 4) is 0 Å². The predicted octanol–water partition coefficient (Wildman–Crippen LogP) is 2.11. The van der Waals surface area contributed by atoms with E-state index in [1.807, 2.05) is 27.7 Å². The fraction of sp³-hybridized carbons (Fsp3) is 0.600. The van der Waals surface area contributed by atoms with E-state index in [0.717, 1.165) is 10.6 Å². The average molecular weight is 264 g/mol. The molecule has 0 aliphatic rings. The van der Waals surface area contributed by atoms with Gasteiger partial charge in [-0.2, -0.15) is 0 Å². The molecule has 0 radical (unpaired) electrons. The smallest absolute Gasteiger partial charge is 0.233 e. The molecule has 1 heterocycles. The van der Waals surface area contributed by atoms with Gasteiger partial charge < -0.3 is 11.1 Å². The number of nitrogens with zero attached hydrogens (tertiary/aromatic N) is 1. The number of carbonyl (C=O) groups is 1. The van der Waals surface area contributed by atoms with Crippen molar-refractivity contribution >= 4 is 34.8 Å². The lowest BCUT2D eigenvalue weighted by Crippen LogP contribution is -2.37. The first-order valence-corrected chi connectivity index (χ1v) is 5.64. The predicted molar refractivity (Wildman–Crippen MR) is 70.3 cm³/mol. The van der Waals surface area contributed by atoms with Crippen LogP contribution in [0.1, 0.15) is 24.4 Å². The summed E-state index contributed by atoms with van der Waals surface area (Å²) in [4.78, 5) is 17.1. The van der Waals surface area contributed by atoms with Gasteiger partial charge in [0.15, 0.2) is 5.13 Å². The zero-order valence-corrected chi connectivity index (χ0v) is 11.6. The summed E-state index contributed by atoms with van der Waals surface area (Å²) in [6.07, 6.45) is 0. The van der Waals surface area contributed by atoms with E-state index in [-0.39, 0.29) is 18.3 Å². The van der Waals surface area contributed by atoms with E-state index in [1.54, 1.807) is 0 Å². The fourth-order valence-electron chi connectivity index (χ4n) is 0.885. The van der Waals surface area contributed by atoms with Crippen molar-refractivity contribution in [2.24, 2.45) is 11.1 Å². The Balaban J connectivity index is 0.00000225. The third-order valence-electron chi connectivity index (χ3n) is 2.37. The molecule has 0 fully saturated rings. The van der Waals surface area contributed by atoms with Crippen LogP contribution >= 0.6 is 23.7 Å². The monoisotopic (exact) mass is 263 g/mol. The number of anilines is 1. The van der Waals surface area contributed by atoms with E-state index in [1.165, 1.54) is 11.3 Å². The van der Waals surface area contributed by atoms with Gasteiger partial charge >= 0.3 is 0 Å². The number of hydrogen-bond acceptors (Lipinski definition) is 4. The summed E-state index contributed by atoms with van der Waals surface area (Å²) in [6, 6.07) is 0. The van der Waals surface area contributed by atoms with Gasteiger partial charge in [0.05, 0.1) is 11.1 Å². The standard InChI is InChI=1S/C10H17N3OS.ClH/c1-6-7(2)15-9(12-6)13-8(14)10(3,4)5-11;/h5,11H2,1-4H3,(H,12,13,14);1H. The molecule has 1 rings (SSSR count). The number of aromatic nitrogens is 1. The Labute approximate surface area is 106 Å². The molecule has 1 amide bonds. The van der Waals surface area contributed by atoms with Crippen molar-refractivity contribution < 1.29 is 4.79 Å². The summed E-state index contributed by atoms with van der Waals surface area (Å²) in [5.74, 6) is -0.0845. The summed E-state index contributed by atoms with van der Waals surface area (Å²) < 4.78 is 0. The van der Waals surface area contributed by atoms with Gasteiger partial charge in [0.2, 0.25) is 5.91 Å². The number of halogens is 1. The molecule has 0 aliphatic heterocycles. The van der Waals surface area contributed by atoms with Gasteiger partial charge in [-0.3, -0.25) is 4.79 Å². The lowest BCUT2D eigenvalue weighted by Gasteiger charge is -2.19. The maximum Gasteiger partial charge on any atom is 0.233 e. The lowest BCUT2D eigenvalue weighted by atomic mass is 9.93. The average Bonchev–Trinajstić information content (AvgIpc) is 2.46. The number of aryl methyl sites for hydroxylation is 2. The molecule has 0 aliphatic carbocycles. The maximum atomic E-state index is 11.8. The van der Waals surface area contributed by atoms with Crippen LogP contribution in [0.2, 0.25) is 0 Å². The number of nitrogens with one attached hydrogen (secondary N) is 1. The summed E-state index contributed by atoms with van der Waals surface area (Å²) in [7, 11) is 0. The van der Waals surface area contributed by atoms with Gasteiger partial charge in [0.1, 0.15) is 0 Å². The molecule has 3 N–H and O–H groups in total. The summed E-state index contributed by atoms with van der Waals surface area (Å²) >= 11 is 1.49. The number of amides is 1. The van der Waals surface area contributed by atoms with Crippen LogP contribution in [0, 0.1) is 19.3 Å². The molecular formula is C10H18ClN3OS. The summed E-state index contributed by atoms with van der Waals surface area (Å²) in [5.41, 5.74) is 5.93. The van der Waals surface area contributed by atoms with E-state index >= 15 is 0 Å². The molecule has 6 heteroatoms. The van der Waals surface area contributed by atoms with Gasteiger partial charge in [0, 0.05) is 11.4 Å². The third-order valence-corrected chi connectivity index (χ3v) is 3.36. The zero-order valence-electron chi connectivity index (χ0n) is 9.96. The van der Waals surface area contributed by atoms with Crippen molar-refractivity contribution in [1.29, 1.82) is 0 Å². The molecule has 0 unspecified atom stereocenters. The van der Waals surface area contributed by atoms with Gasteiger partial charge in [-0.25, -0.2) is 4.98 Å². The summed E-state index contributed by atoms with van der Waals surface area (Å²) in [5, 5.41) is 3.43. The molecule has 92 valence electrons. The van der Waals surface area contributed by atoms with E-state index in [2.05, 4.69) is 10.3 Å². The fourth-order valence-corrected chi connectivity index (χ4v) is 1.69. The van der Waals surface area contributed by atoms with Gasteiger partial charge in [0.25, 0.3) is 0 Å². The second-order valence-electron chi connectivity index (χ2n) is 4.20. The molecule has 0 atom stereocenters. The highest BCUT2D eigenvalue weighted by Crippen LogP contribution is 2.23. The topological polar surface area (TPSA) is 68.0 Å². The molecule has 1 aromatic heterocycles. The summed E-state index contributed by atoms with van der Waals surface area (Å²) in [6.45, 7) is 7.86. The van der Waals surface area contributed by atoms with Crippen LogP contribution in [0.5, 0.6) is 0 Å². The Bertz CT molecular complexity index is 357. The normalized spacial score (nSPS) is 10.8. The van der Waals surface area contributed by atoms with E-state index in [9.17, 15) is 4.79 Å². The first kappa shape index (κ1) is 15.3. The number of rotatable bonds is 3. The number of nitrogens with two attached hydrogens (primary N) is 1. The molecule has 0 saturated carbocycles. The molecule has 4 nitrogen and oxygen atoms in total. The van der Waals surface area contributed by atoms with Crippen LogP contribution in [0.25, 0.3) is 0 Å². The van der Waals surface area contributed by atoms with E-state index in [4.69, 9.17) is 5.73 Å². The SMILES string of the molecule is Cc1nc(NC(=O)C(C)(C)CN)sc1C.Cl. The number of thiazole rings is 1. The van der Waals surface area contributed by atoms with Crippen molar-refractivity contribution in [3.05, 3.63) is 10.6 Å². The van der Waals surface area contributed by atoms with Crippen LogP contribution in [-0.4, -0.2) is 17.4 Å². The second-order valence-corrected chi connectivity index (χ2v) is 5.41. The first-order chi connectivity index (χ1) is 6.86. The van der Waals surface area contributed by atoms with Crippen LogP contribution in [0.15, 0.2) is 0 Å². The highest BCUT2D eigenvalue weighted by Gasteiger charge is 2.26. The van der Waals surface area contributed by atoms with Gasteiger partial charge in [-0.1, -0.05) is 0 Å². The maximum absolute atomic E-state index is 11.8. The Kier molecular flexibility index (Phi) is 5.38. The minimum Gasteiger partial charge on any atom is -0.329 e. The quantitative estimate of drug-likeness (QED) is 0.878. The lowest BCUT2D eigenvalue weighted by molar-refractivity contribution is -0.123. The Hall–Kier alpha value is -0.650. The van der Waals surface area contributed by atoms with E-state index in [0.29, 0.717) is 11.7 Å². The molecule has 0 aromatic carbocycles. The van der Waals surface area contributed by atoms with Crippen molar-refractivity contribution in [2.75, 3.05) is 11.9 Å². The highest BCUT2D eigenvalue weighted by molar-refractivity contribution is 7.15. The van der Waals surface area contributed by atoms with Crippen LogP contribution < -0.4 is 11.1 Å². The van der Waals surface area contributed by atoms with Gasteiger partial charge in [-0.15, -0.1) is 23.7 Å². The first-order valence-electron chi connectivity index (χ1n) is 4.82. The highest BCUT2D eigenvalue weighted by atomic mass is 35.5. The van der Waals surface area contributed by atoms with Crippen LogP contribution in [0.4, 0.5) is 5.13 Å². The third kappa shape index (κ3) is 3.43. The molecule has 0 bridgehead atoms. The molecule has 1 aromatic rings. The Morgan fingerprint density at radius 2 is 2.06 bits per heavy atom. The Morgan fingerprint density at radius 3 is 2.44 bits per heavy atom. The van der Waals surface area contributed by atoms with Crippen LogP contribution in [-0.2, 0) is 4.79 Å². The second kappa shape index (κ2) is 5.61. The molecule has 16 heavy (non-hydrogen) atoms. The minimum absolute atomic E-state index is 0. The van der Waals surface area contributed by atoms with E-state index < -0.39 is 5.41 Å². The molecular weight excluding hydrogens is 246 g/mol. The molecule has 0 saturated heterocycles. The number of carbonyl (C=O) groups excluding carboxylic acids is 1. The van der Waals surface area contributed by atoms with Crippen molar-refractivity contribution in [1.82, 2.24) is 4.98 Å². The largest absolute Gasteiger partial charge is 0.329 e. The Morgan fingerprint density at radius 1 is 1.50 bits per heavy atom. The van der Waals surface area contributed by atoms with Crippen molar-refractivity contribution in [3.63, 3.8) is 0 Å². The zero-order chi connectivity index (χ0) is 11.6. The van der Waals surface area contributed by atoms with Crippen molar-refractivity contribution in [2.45, 2.75) is 27.7 Å². The van der Waals surface area contributed by atoms with Gasteiger partial charge in [-0.05, 0) is 27.7 Å². The minimum atomic E-state index is -0.548. The molecule has 0 spiro atoms. The van der Waals surface area contributed by atoms with Crippen LogP contribution in [0.3, 0.4) is 0 Å².